The van der Waals surface area contributed by atoms with Crippen molar-refractivity contribution in [2.75, 3.05) is 26.4 Å². The first kappa shape index (κ1) is 14.9. The van der Waals surface area contributed by atoms with Crippen LogP contribution in [-0.2, 0) is 4.74 Å². The molecule has 1 aliphatic heterocycles. The molecule has 0 saturated heterocycles. The average Bonchev–Trinajstić information content (AvgIpc) is 2.36. The zero-order valence-corrected chi connectivity index (χ0v) is 10.9. The Balaban J connectivity index is 2.06. The normalized spacial score (nSPS) is 14.2. The molecule has 0 fully saturated rings. The number of fused-ring (bicyclic) bond motifs is 1. The number of benzene rings is 1. The summed E-state index contributed by atoms with van der Waals surface area (Å²) in [6.45, 7) is -1.50. The summed E-state index contributed by atoms with van der Waals surface area (Å²) in [6.07, 6.45) is -4.48. The predicted molar refractivity (Wildman–Crippen MR) is 63.6 cm³/mol. The molecule has 0 unspecified atom stereocenters. The molecule has 0 amide bonds. The first-order valence-electron chi connectivity index (χ1n) is 5.63. The van der Waals surface area contributed by atoms with Crippen LogP contribution in [0.4, 0.5) is 13.2 Å². The van der Waals surface area contributed by atoms with E-state index in [-0.39, 0.29) is 10.6 Å². The van der Waals surface area contributed by atoms with Crippen molar-refractivity contribution in [2.45, 2.75) is 6.18 Å². The van der Waals surface area contributed by atoms with Gasteiger partial charge in [-0.2, -0.15) is 13.2 Å². The van der Waals surface area contributed by atoms with Crippen LogP contribution in [0.2, 0.25) is 5.02 Å². The number of carbonyl (C=O) groups excluding carboxylic acids is 1. The molecule has 2 rings (SSSR count). The summed E-state index contributed by atoms with van der Waals surface area (Å²) in [7, 11) is 0. The summed E-state index contributed by atoms with van der Waals surface area (Å²) in [5, 5.41) is 0.0786. The van der Waals surface area contributed by atoms with Gasteiger partial charge in [-0.15, -0.1) is 0 Å². The highest BCUT2D eigenvalue weighted by atomic mass is 35.5. The molecule has 1 aliphatic rings. The van der Waals surface area contributed by atoms with Gasteiger partial charge in [0.05, 0.1) is 5.02 Å². The van der Waals surface area contributed by atoms with Crippen molar-refractivity contribution in [1.82, 2.24) is 0 Å². The average molecular weight is 311 g/mol. The van der Waals surface area contributed by atoms with Gasteiger partial charge in [-0.3, -0.25) is 4.79 Å². The van der Waals surface area contributed by atoms with Gasteiger partial charge in [0, 0.05) is 11.6 Å². The number of alkyl halides is 3. The van der Waals surface area contributed by atoms with Gasteiger partial charge in [0.15, 0.2) is 17.3 Å². The molecule has 0 radical (unpaired) electrons. The zero-order chi connectivity index (χ0) is 14.8. The monoisotopic (exact) mass is 310 g/mol. The molecule has 110 valence electrons. The van der Waals surface area contributed by atoms with Crippen LogP contribution in [0.5, 0.6) is 11.5 Å². The van der Waals surface area contributed by atoms with Gasteiger partial charge in [-0.05, 0) is 6.07 Å². The molecule has 0 atom stereocenters. The largest absolute Gasteiger partial charge is 0.486 e. The molecular formula is C12H10ClF3O4. The lowest BCUT2D eigenvalue weighted by molar-refractivity contribution is -0.170. The van der Waals surface area contributed by atoms with Crippen molar-refractivity contribution in [3.63, 3.8) is 0 Å². The highest BCUT2D eigenvalue weighted by molar-refractivity contribution is 6.34. The molecule has 0 bridgehead atoms. The molecule has 0 saturated carbocycles. The highest BCUT2D eigenvalue weighted by Gasteiger charge is 2.28. The van der Waals surface area contributed by atoms with E-state index in [4.69, 9.17) is 21.1 Å². The molecular weight excluding hydrogens is 301 g/mol. The summed E-state index contributed by atoms with van der Waals surface area (Å²) in [4.78, 5) is 11.8. The Labute approximate surface area is 117 Å². The van der Waals surface area contributed by atoms with Gasteiger partial charge in [0.25, 0.3) is 0 Å². The Morgan fingerprint density at radius 1 is 1.25 bits per heavy atom. The number of carbonyl (C=O) groups is 1. The third-order valence-electron chi connectivity index (χ3n) is 2.43. The summed E-state index contributed by atoms with van der Waals surface area (Å²) in [5.74, 6) is 0.0741. The van der Waals surface area contributed by atoms with Gasteiger partial charge in [0.2, 0.25) is 0 Å². The number of rotatable bonds is 4. The van der Waals surface area contributed by atoms with E-state index in [1.807, 2.05) is 0 Å². The van der Waals surface area contributed by atoms with Crippen LogP contribution in [0.15, 0.2) is 12.1 Å². The second-order valence-electron chi connectivity index (χ2n) is 4.01. The Bertz CT molecular complexity index is 516. The molecule has 1 aromatic carbocycles. The number of halogens is 4. The number of ether oxygens (including phenoxy) is 3. The van der Waals surface area contributed by atoms with Crippen molar-refractivity contribution >= 4 is 17.4 Å². The van der Waals surface area contributed by atoms with E-state index in [1.165, 1.54) is 12.1 Å². The standard InChI is InChI=1S/C12H10ClF3O4/c13-8-4-11-10(19-1-2-20-11)3-7(8)9(17)5-18-6-12(14,15)16/h3-4H,1-2,5-6H2. The van der Waals surface area contributed by atoms with Gasteiger partial charge in [-0.1, -0.05) is 11.6 Å². The number of hydrogen-bond donors (Lipinski definition) is 0. The molecule has 0 spiro atoms. The lowest BCUT2D eigenvalue weighted by atomic mass is 10.1. The Morgan fingerprint density at radius 3 is 2.45 bits per heavy atom. The second kappa shape index (κ2) is 5.88. The topological polar surface area (TPSA) is 44.8 Å². The van der Waals surface area contributed by atoms with Gasteiger partial charge < -0.3 is 14.2 Å². The first-order valence-corrected chi connectivity index (χ1v) is 6.01. The fourth-order valence-electron chi connectivity index (χ4n) is 1.61. The third kappa shape index (κ3) is 3.77. The Morgan fingerprint density at radius 2 is 1.85 bits per heavy atom. The maximum absolute atomic E-state index is 11.9. The number of ketones is 1. The molecule has 20 heavy (non-hydrogen) atoms. The summed E-state index contributed by atoms with van der Waals surface area (Å²) in [6, 6.07) is 2.74. The minimum absolute atomic E-state index is 0.0399. The second-order valence-corrected chi connectivity index (χ2v) is 4.41. The molecule has 0 N–H and O–H groups in total. The van der Waals surface area contributed by atoms with E-state index in [0.29, 0.717) is 24.7 Å². The minimum Gasteiger partial charge on any atom is -0.486 e. The fourth-order valence-corrected chi connectivity index (χ4v) is 1.87. The van der Waals surface area contributed by atoms with Crippen LogP contribution >= 0.6 is 11.6 Å². The van der Waals surface area contributed by atoms with E-state index in [1.54, 1.807) is 0 Å². The van der Waals surface area contributed by atoms with E-state index < -0.39 is 25.2 Å². The maximum Gasteiger partial charge on any atom is 0.411 e. The van der Waals surface area contributed by atoms with Crippen molar-refractivity contribution in [3.8, 4) is 11.5 Å². The number of Topliss-reactive ketones (excluding diaryl/α,β-unsaturated/α-hetero) is 1. The van der Waals surface area contributed by atoms with Crippen LogP contribution in [0.25, 0.3) is 0 Å². The first-order chi connectivity index (χ1) is 9.37. The summed E-state index contributed by atoms with van der Waals surface area (Å²) < 4.78 is 50.6. The maximum atomic E-state index is 11.9. The third-order valence-corrected chi connectivity index (χ3v) is 2.74. The fraction of sp³-hybridized carbons (Fsp3) is 0.417. The smallest absolute Gasteiger partial charge is 0.411 e. The summed E-state index contributed by atoms with van der Waals surface area (Å²) in [5.41, 5.74) is 0.0399. The predicted octanol–water partition coefficient (Wildman–Crippen LogP) is 2.87. The van der Waals surface area contributed by atoms with Gasteiger partial charge >= 0.3 is 6.18 Å². The zero-order valence-electron chi connectivity index (χ0n) is 10.1. The van der Waals surface area contributed by atoms with Crippen LogP contribution in [-0.4, -0.2) is 38.4 Å². The van der Waals surface area contributed by atoms with Crippen LogP contribution < -0.4 is 9.47 Å². The molecule has 4 nitrogen and oxygen atoms in total. The van der Waals surface area contributed by atoms with E-state index >= 15 is 0 Å². The minimum atomic E-state index is -4.48. The molecule has 1 heterocycles. The Hall–Kier alpha value is -1.47. The Kier molecular flexibility index (Phi) is 4.39. The van der Waals surface area contributed by atoms with Crippen molar-refractivity contribution in [3.05, 3.63) is 22.7 Å². The van der Waals surface area contributed by atoms with Crippen LogP contribution in [0, 0.1) is 0 Å². The lowest BCUT2D eigenvalue weighted by Crippen LogP contribution is -2.21. The van der Waals surface area contributed by atoms with E-state index in [9.17, 15) is 18.0 Å². The van der Waals surface area contributed by atoms with E-state index in [2.05, 4.69) is 4.74 Å². The van der Waals surface area contributed by atoms with Crippen LogP contribution in [0.1, 0.15) is 10.4 Å². The molecule has 1 aromatic rings. The van der Waals surface area contributed by atoms with Crippen molar-refractivity contribution in [2.24, 2.45) is 0 Å². The van der Waals surface area contributed by atoms with Gasteiger partial charge in [0.1, 0.15) is 26.4 Å². The van der Waals surface area contributed by atoms with Crippen molar-refractivity contribution < 1.29 is 32.2 Å². The van der Waals surface area contributed by atoms with Gasteiger partial charge in [-0.25, -0.2) is 0 Å². The molecule has 0 aliphatic carbocycles. The SMILES string of the molecule is O=C(COCC(F)(F)F)c1cc2c(cc1Cl)OCCO2. The molecule has 0 aromatic heterocycles. The van der Waals surface area contributed by atoms with Crippen LogP contribution in [0.3, 0.4) is 0 Å². The highest BCUT2D eigenvalue weighted by Crippen LogP contribution is 2.35. The quantitative estimate of drug-likeness (QED) is 0.802. The number of hydrogen-bond acceptors (Lipinski definition) is 4. The molecule has 8 heteroatoms. The van der Waals surface area contributed by atoms with Crippen molar-refractivity contribution in [1.29, 1.82) is 0 Å². The summed E-state index contributed by atoms with van der Waals surface area (Å²) >= 11 is 5.89. The van der Waals surface area contributed by atoms with E-state index in [0.717, 1.165) is 0 Å². The lowest BCUT2D eigenvalue weighted by Gasteiger charge is -2.19.